The largest absolute Gasteiger partial charge is 0.497 e. The van der Waals surface area contributed by atoms with Crippen LogP contribution in [0, 0.1) is 11.7 Å². The van der Waals surface area contributed by atoms with Crippen LogP contribution in [0.4, 0.5) is 0 Å². The van der Waals surface area contributed by atoms with E-state index in [4.69, 9.17) is 33.7 Å². The van der Waals surface area contributed by atoms with Crippen molar-refractivity contribution >= 4 is 23.8 Å². The SMILES string of the molecule is COc1ccc(C[NH+](C)Cn2nc(-c3ccc(Cl)cc3)n(-c3ccccc3C)c2=S)cc1. The van der Waals surface area contributed by atoms with E-state index in [0.29, 0.717) is 16.5 Å². The van der Waals surface area contributed by atoms with Gasteiger partial charge in [0.1, 0.15) is 12.3 Å². The van der Waals surface area contributed by atoms with E-state index in [2.05, 4.69) is 42.8 Å². The van der Waals surface area contributed by atoms with E-state index in [9.17, 15) is 0 Å². The van der Waals surface area contributed by atoms with E-state index in [0.717, 1.165) is 34.9 Å². The summed E-state index contributed by atoms with van der Waals surface area (Å²) in [5, 5.41) is 5.62. The summed E-state index contributed by atoms with van der Waals surface area (Å²) >= 11 is 12.0. The van der Waals surface area contributed by atoms with Gasteiger partial charge >= 0.3 is 0 Å². The van der Waals surface area contributed by atoms with Crippen LogP contribution in [0.5, 0.6) is 5.75 Å². The van der Waals surface area contributed by atoms with E-state index in [1.807, 2.05) is 53.2 Å². The van der Waals surface area contributed by atoms with Gasteiger partial charge in [-0.25, -0.2) is 0 Å². The van der Waals surface area contributed by atoms with Gasteiger partial charge in [0.2, 0.25) is 4.77 Å². The first kappa shape index (κ1) is 22.3. The van der Waals surface area contributed by atoms with Crippen LogP contribution in [-0.2, 0) is 13.2 Å². The van der Waals surface area contributed by atoms with Crippen molar-refractivity contribution < 1.29 is 9.64 Å². The molecule has 7 heteroatoms. The predicted octanol–water partition coefficient (Wildman–Crippen LogP) is 4.71. The molecule has 1 aromatic heterocycles. The molecule has 0 radical (unpaired) electrons. The van der Waals surface area contributed by atoms with Gasteiger partial charge < -0.3 is 9.64 Å². The van der Waals surface area contributed by atoms with E-state index in [-0.39, 0.29) is 0 Å². The minimum Gasteiger partial charge on any atom is -0.497 e. The fraction of sp³-hybridized carbons (Fsp3) is 0.200. The van der Waals surface area contributed by atoms with Crippen molar-refractivity contribution in [1.29, 1.82) is 0 Å². The summed E-state index contributed by atoms with van der Waals surface area (Å²) in [4.78, 5) is 1.27. The number of nitrogens with one attached hydrogen (secondary N) is 1. The first-order valence-corrected chi connectivity index (χ1v) is 11.2. The Kier molecular flexibility index (Phi) is 6.74. The Balaban J connectivity index is 1.69. The number of rotatable bonds is 7. The maximum atomic E-state index is 6.12. The van der Waals surface area contributed by atoms with Gasteiger partial charge in [0, 0.05) is 16.1 Å². The number of nitrogens with zero attached hydrogens (tertiary/aromatic N) is 3. The normalized spacial score (nSPS) is 12.0. The average molecular weight is 466 g/mol. The van der Waals surface area contributed by atoms with Crippen LogP contribution in [-0.4, -0.2) is 28.5 Å². The Hall–Kier alpha value is -2.93. The molecule has 0 fully saturated rings. The lowest BCUT2D eigenvalue weighted by Gasteiger charge is -2.14. The third-order valence-electron chi connectivity index (χ3n) is 5.38. The Morgan fingerprint density at radius 1 is 1.00 bits per heavy atom. The first-order valence-electron chi connectivity index (χ1n) is 10.4. The maximum absolute atomic E-state index is 6.12. The molecule has 0 aliphatic rings. The summed E-state index contributed by atoms with van der Waals surface area (Å²) in [6, 6.07) is 24.1. The number of para-hydroxylation sites is 1. The highest BCUT2D eigenvalue weighted by Crippen LogP contribution is 2.25. The molecule has 0 aliphatic carbocycles. The zero-order valence-electron chi connectivity index (χ0n) is 18.4. The molecule has 5 nitrogen and oxygen atoms in total. The fourth-order valence-corrected chi connectivity index (χ4v) is 4.15. The van der Waals surface area contributed by atoms with Crippen LogP contribution in [0.25, 0.3) is 17.1 Å². The molecule has 1 heterocycles. The topological polar surface area (TPSA) is 36.4 Å². The average Bonchev–Trinajstić information content (AvgIpc) is 3.11. The van der Waals surface area contributed by atoms with Crippen molar-refractivity contribution in [2.75, 3.05) is 14.2 Å². The highest BCUT2D eigenvalue weighted by molar-refractivity contribution is 7.71. The lowest BCUT2D eigenvalue weighted by molar-refractivity contribution is -0.917. The van der Waals surface area contributed by atoms with Crippen molar-refractivity contribution in [3.05, 3.63) is 93.7 Å². The minimum absolute atomic E-state index is 0.643. The number of methoxy groups -OCH3 is 1. The molecule has 4 rings (SSSR count). The molecule has 0 bridgehead atoms. The molecule has 0 saturated carbocycles. The van der Waals surface area contributed by atoms with Crippen LogP contribution < -0.4 is 9.64 Å². The molecule has 0 amide bonds. The van der Waals surface area contributed by atoms with Crippen LogP contribution in [0.2, 0.25) is 5.02 Å². The number of benzene rings is 3. The third kappa shape index (κ3) is 4.78. The number of aryl methyl sites for hydroxylation is 1. The second-order valence-electron chi connectivity index (χ2n) is 7.87. The lowest BCUT2D eigenvalue weighted by Crippen LogP contribution is -3.07. The molecule has 0 aliphatic heterocycles. The van der Waals surface area contributed by atoms with Crippen molar-refractivity contribution in [2.45, 2.75) is 20.1 Å². The minimum atomic E-state index is 0.643. The van der Waals surface area contributed by atoms with Crippen LogP contribution in [0.1, 0.15) is 11.1 Å². The standard InChI is InChI=1S/C25H25ClN4OS/c1-18-6-4-5-7-23(18)30-24(20-10-12-21(26)13-11-20)27-29(25(30)32)17-28(2)16-19-8-14-22(31-3)15-9-19/h4-15H,16-17H2,1-3H3/p+1. The number of ether oxygens (including phenoxy) is 1. The van der Waals surface area contributed by atoms with E-state index in [1.165, 1.54) is 10.5 Å². The summed E-state index contributed by atoms with van der Waals surface area (Å²) in [5.74, 6) is 1.66. The molecule has 0 saturated heterocycles. The van der Waals surface area contributed by atoms with Gasteiger partial charge in [-0.2, -0.15) is 4.68 Å². The van der Waals surface area contributed by atoms with Gasteiger partial charge in [0.05, 0.1) is 19.8 Å². The predicted molar refractivity (Wildman–Crippen MR) is 131 cm³/mol. The molecule has 32 heavy (non-hydrogen) atoms. The van der Waals surface area contributed by atoms with Gasteiger partial charge in [0.25, 0.3) is 0 Å². The van der Waals surface area contributed by atoms with Gasteiger partial charge in [-0.1, -0.05) is 29.8 Å². The van der Waals surface area contributed by atoms with Crippen LogP contribution in [0.3, 0.4) is 0 Å². The van der Waals surface area contributed by atoms with Crippen LogP contribution in [0.15, 0.2) is 72.8 Å². The summed E-state index contributed by atoms with van der Waals surface area (Å²) < 4.78 is 9.88. The van der Waals surface area contributed by atoms with E-state index in [1.54, 1.807) is 7.11 Å². The van der Waals surface area contributed by atoms with Crippen LogP contribution >= 0.6 is 23.8 Å². The third-order valence-corrected chi connectivity index (χ3v) is 6.03. The quantitative estimate of drug-likeness (QED) is 0.401. The molecular formula is C25H26ClN4OS+. The van der Waals surface area contributed by atoms with Crippen molar-refractivity contribution in [3.8, 4) is 22.8 Å². The van der Waals surface area contributed by atoms with Gasteiger partial charge in [-0.05, 0) is 79.3 Å². The molecule has 4 aromatic rings. The zero-order valence-corrected chi connectivity index (χ0v) is 20.0. The maximum Gasteiger partial charge on any atom is 0.207 e. The van der Waals surface area contributed by atoms with Crippen molar-refractivity contribution in [2.24, 2.45) is 0 Å². The summed E-state index contributed by atoms with van der Waals surface area (Å²) in [7, 11) is 3.82. The van der Waals surface area contributed by atoms with Crippen molar-refractivity contribution in [1.82, 2.24) is 14.3 Å². The number of halogens is 1. The Labute approximate surface area is 198 Å². The fourth-order valence-electron chi connectivity index (χ4n) is 3.73. The summed E-state index contributed by atoms with van der Waals surface area (Å²) in [6.07, 6.45) is 0. The Bertz CT molecular complexity index is 1260. The number of aromatic nitrogens is 3. The molecule has 3 aromatic carbocycles. The monoisotopic (exact) mass is 465 g/mol. The Morgan fingerprint density at radius 2 is 1.69 bits per heavy atom. The smallest absolute Gasteiger partial charge is 0.207 e. The number of hydrogen-bond acceptors (Lipinski definition) is 3. The molecule has 1 unspecified atom stereocenters. The first-order chi connectivity index (χ1) is 15.5. The molecule has 1 N–H and O–H groups in total. The molecular weight excluding hydrogens is 440 g/mol. The van der Waals surface area contributed by atoms with Gasteiger partial charge in [-0.3, -0.25) is 4.57 Å². The summed E-state index contributed by atoms with van der Waals surface area (Å²) in [5.41, 5.74) is 4.36. The van der Waals surface area contributed by atoms with Crippen molar-refractivity contribution in [3.63, 3.8) is 0 Å². The molecule has 1 atom stereocenters. The Morgan fingerprint density at radius 3 is 2.34 bits per heavy atom. The highest BCUT2D eigenvalue weighted by Gasteiger charge is 2.18. The second kappa shape index (κ2) is 9.69. The van der Waals surface area contributed by atoms with Gasteiger partial charge in [-0.15, -0.1) is 5.10 Å². The zero-order chi connectivity index (χ0) is 22.7. The molecule has 0 spiro atoms. The molecule has 164 valence electrons. The van der Waals surface area contributed by atoms with E-state index >= 15 is 0 Å². The second-order valence-corrected chi connectivity index (χ2v) is 8.68. The van der Waals surface area contributed by atoms with Gasteiger partial charge in [0.15, 0.2) is 12.5 Å². The summed E-state index contributed by atoms with van der Waals surface area (Å²) in [6.45, 7) is 3.57. The number of hydrogen-bond donors (Lipinski definition) is 1. The van der Waals surface area contributed by atoms with E-state index < -0.39 is 0 Å². The highest BCUT2D eigenvalue weighted by atomic mass is 35.5. The lowest BCUT2D eigenvalue weighted by atomic mass is 10.1. The number of quaternary nitrogens is 1.